The Kier molecular flexibility index (Phi) is 5.39. The van der Waals surface area contributed by atoms with Crippen LogP contribution < -0.4 is 5.73 Å². The number of aromatic nitrogens is 1. The Balaban J connectivity index is 2.10. The molecular weight excluding hydrogens is 258 g/mol. The topological polar surface area (TPSA) is 42.1 Å². The molecule has 1 saturated heterocycles. The van der Waals surface area contributed by atoms with E-state index in [1.165, 1.54) is 12.8 Å². The van der Waals surface area contributed by atoms with Gasteiger partial charge in [0.1, 0.15) is 0 Å². The van der Waals surface area contributed by atoms with E-state index in [0.29, 0.717) is 5.41 Å². The Labute approximate surface area is 129 Å². The smallest absolute Gasteiger partial charge is 0.0673 e. The summed E-state index contributed by atoms with van der Waals surface area (Å²) in [4.78, 5) is 7.12. The maximum absolute atomic E-state index is 6.42. The van der Waals surface area contributed by atoms with Gasteiger partial charge in [0.15, 0.2) is 0 Å². The Bertz CT molecular complexity index is 416. The lowest BCUT2D eigenvalue weighted by Crippen LogP contribution is -2.46. The normalized spacial score (nSPS) is 21.2. The SMILES string of the molecule is CCC(N)C(c1ccccn1)N1CCC(C(C)(C)C)CC1. The zero-order chi connectivity index (χ0) is 15.5. The van der Waals surface area contributed by atoms with E-state index in [0.717, 1.165) is 31.1 Å². The molecule has 2 unspecified atom stereocenters. The first kappa shape index (κ1) is 16.4. The van der Waals surface area contributed by atoms with E-state index in [1.807, 2.05) is 12.3 Å². The Morgan fingerprint density at radius 1 is 1.29 bits per heavy atom. The molecule has 0 aromatic carbocycles. The molecule has 2 atom stereocenters. The molecule has 0 aliphatic carbocycles. The van der Waals surface area contributed by atoms with Crippen LogP contribution in [0, 0.1) is 11.3 Å². The van der Waals surface area contributed by atoms with Crippen LogP contribution in [0.3, 0.4) is 0 Å². The molecule has 0 spiro atoms. The Morgan fingerprint density at radius 3 is 2.43 bits per heavy atom. The van der Waals surface area contributed by atoms with E-state index in [1.54, 1.807) is 0 Å². The van der Waals surface area contributed by atoms with Gasteiger partial charge in [0.05, 0.1) is 11.7 Å². The van der Waals surface area contributed by atoms with Crippen molar-refractivity contribution in [3.63, 3.8) is 0 Å². The van der Waals surface area contributed by atoms with Crippen molar-refractivity contribution in [2.24, 2.45) is 17.1 Å². The molecule has 2 heterocycles. The number of rotatable bonds is 4. The minimum absolute atomic E-state index is 0.158. The van der Waals surface area contributed by atoms with Crippen molar-refractivity contribution in [1.29, 1.82) is 0 Å². The fourth-order valence-electron chi connectivity index (χ4n) is 3.50. The quantitative estimate of drug-likeness (QED) is 0.920. The second-order valence-electron chi connectivity index (χ2n) is 7.45. The predicted octanol–water partition coefficient (Wildman–Crippen LogP) is 3.62. The van der Waals surface area contributed by atoms with Crippen LogP contribution in [0.15, 0.2) is 24.4 Å². The van der Waals surface area contributed by atoms with Crippen molar-refractivity contribution in [2.75, 3.05) is 13.1 Å². The summed E-state index contributed by atoms with van der Waals surface area (Å²) in [7, 11) is 0. The highest BCUT2D eigenvalue weighted by Gasteiger charge is 2.33. The fourth-order valence-corrected chi connectivity index (χ4v) is 3.50. The van der Waals surface area contributed by atoms with Crippen molar-refractivity contribution in [3.05, 3.63) is 30.1 Å². The van der Waals surface area contributed by atoms with Crippen molar-refractivity contribution < 1.29 is 0 Å². The van der Waals surface area contributed by atoms with Crippen LogP contribution in [0.1, 0.15) is 58.7 Å². The number of pyridine rings is 1. The summed E-state index contributed by atoms with van der Waals surface area (Å²) in [6, 6.07) is 6.59. The van der Waals surface area contributed by atoms with Gasteiger partial charge in [-0.25, -0.2) is 0 Å². The third kappa shape index (κ3) is 4.04. The van der Waals surface area contributed by atoms with Gasteiger partial charge in [-0.15, -0.1) is 0 Å². The zero-order valence-corrected chi connectivity index (χ0v) is 14.0. The van der Waals surface area contributed by atoms with E-state index in [4.69, 9.17) is 5.73 Å². The zero-order valence-electron chi connectivity index (χ0n) is 14.0. The van der Waals surface area contributed by atoms with Gasteiger partial charge in [0, 0.05) is 12.2 Å². The largest absolute Gasteiger partial charge is 0.326 e. The summed E-state index contributed by atoms with van der Waals surface area (Å²) in [6.07, 6.45) is 5.40. The number of hydrogen-bond donors (Lipinski definition) is 1. The lowest BCUT2D eigenvalue weighted by Gasteiger charge is -2.43. The average molecular weight is 289 g/mol. The molecule has 3 heteroatoms. The van der Waals surface area contributed by atoms with Crippen LogP contribution in [0.25, 0.3) is 0 Å². The van der Waals surface area contributed by atoms with Gasteiger partial charge < -0.3 is 5.73 Å². The van der Waals surface area contributed by atoms with Crippen LogP contribution >= 0.6 is 0 Å². The standard InChI is InChI=1S/C18H31N3/c1-5-15(19)17(16-8-6-7-11-20-16)21-12-9-14(10-13-21)18(2,3)4/h6-8,11,14-15,17H,5,9-10,12-13,19H2,1-4H3. The van der Waals surface area contributed by atoms with Crippen molar-refractivity contribution in [1.82, 2.24) is 9.88 Å². The average Bonchev–Trinajstić information content (AvgIpc) is 2.48. The van der Waals surface area contributed by atoms with Crippen LogP contribution in [0.5, 0.6) is 0 Å². The Hall–Kier alpha value is -0.930. The van der Waals surface area contributed by atoms with Gasteiger partial charge in [-0.1, -0.05) is 33.8 Å². The first-order valence-corrected chi connectivity index (χ1v) is 8.34. The molecular formula is C18H31N3. The monoisotopic (exact) mass is 289 g/mol. The third-order valence-electron chi connectivity index (χ3n) is 5.02. The van der Waals surface area contributed by atoms with Gasteiger partial charge in [-0.2, -0.15) is 0 Å². The molecule has 2 N–H and O–H groups in total. The molecule has 1 aliphatic heterocycles. The highest BCUT2D eigenvalue weighted by atomic mass is 15.2. The molecule has 1 aliphatic rings. The molecule has 21 heavy (non-hydrogen) atoms. The second kappa shape index (κ2) is 6.89. The molecule has 0 radical (unpaired) electrons. The van der Waals surface area contributed by atoms with E-state index in [9.17, 15) is 0 Å². The van der Waals surface area contributed by atoms with E-state index in [-0.39, 0.29) is 12.1 Å². The minimum atomic E-state index is 0.158. The lowest BCUT2D eigenvalue weighted by molar-refractivity contribution is 0.0707. The lowest BCUT2D eigenvalue weighted by atomic mass is 9.75. The Morgan fingerprint density at radius 2 is 1.95 bits per heavy atom. The van der Waals surface area contributed by atoms with Gasteiger partial charge in [0.2, 0.25) is 0 Å². The maximum atomic E-state index is 6.42. The molecule has 1 fully saturated rings. The molecule has 3 nitrogen and oxygen atoms in total. The highest BCUT2D eigenvalue weighted by molar-refractivity contribution is 5.12. The molecule has 0 bridgehead atoms. The van der Waals surface area contributed by atoms with Gasteiger partial charge in [-0.05, 0) is 55.8 Å². The third-order valence-corrected chi connectivity index (χ3v) is 5.02. The molecule has 1 aromatic rings. The molecule has 0 saturated carbocycles. The summed E-state index contributed by atoms with van der Waals surface area (Å²) in [5.74, 6) is 0.816. The van der Waals surface area contributed by atoms with Crippen LogP contribution in [0.4, 0.5) is 0 Å². The van der Waals surface area contributed by atoms with Gasteiger partial charge >= 0.3 is 0 Å². The van der Waals surface area contributed by atoms with Gasteiger partial charge in [-0.3, -0.25) is 9.88 Å². The van der Waals surface area contributed by atoms with Crippen molar-refractivity contribution >= 4 is 0 Å². The van der Waals surface area contributed by atoms with Gasteiger partial charge in [0.25, 0.3) is 0 Å². The highest BCUT2D eigenvalue weighted by Crippen LogP contribution is 2.37. The number of piperidine rings is 1. The summed E-state index contributed by atoms with van der Waals surface area (Å²) in [5, 5.41) is 0. The van der Waals surface area contributed by atoms with E-state index in [2.05, 4.69) is 49.7 Å². The summed E-state index contributed by atoms with van der Waals surface area (Å²) in [6.45, 7) is 11.5. The van der Waals surface area contributed by atoms with Crippen LogP contribution in [-0.2, 0) is 0 Å². The molecule has 2 rings (SSSR count). The summed E-state index contributed by atoms with van der Waals surface area (Å²) >= 11 is 0. The summed E-state index contributed by atoms with van der Waals surface area (Å²) < 4.78 is 0. The first-order valence-electron chi connectivity index (χ1n) is 8.34. The second-order valence-corrected chi connectivity index (χ2v) is 7.45. The van der Waals surface area contributed by atoms with Crippen LogP contribution in [-0.4, -0.2) is 29.0 Å². The summed E-state index contributed by atoms with van der Waals surface area (Å²) in [5.41, 5.74) is 7.96. The predicted molar refractivity (Wildman–Crippen MR) is 89.0 cm³/mol. The molecule has 0 amide bonds. The molecule has 118 valence electrons. The number of nitrogens with zero attached hydrogens (tertiary/aromatic N) is 2. The van der Waals surface area contributed by atoms with E-state index >= 15 is 0 Å². The maximum Gasteiger partial charge on any atom is 0.0673 e. The molecule has 1 aromatic heterocycles. The minimum Gasteiger partial charge on any atom is -0.326 e. The fraction of sp³-hybridized carbons (Fsp3) is 0.722. The van der Waals surface area contributed by atoms with Crippen LogP contribution in [0.2, 0.25) is 0 Å². The van der Waals surface area contributed by atoms with E-state index < -0.39 is 0 Å². The number of nitrogens with two attached hydrogens (primary N) is 1. The number of likely N-dealkylation sites (tertiary alicyclic amines) is 1. The number of hydrogen-bond acceptors (Lipinski definition) is 3. The first-order chi connectivity index (χ1) is 9.93. The van der Waals surface area contributed by atoms with Crippen molar-refractivity contribution in [3.8, 4) is 0 Å². The van der Waals surface area contributed by atoms with Crippen molar-refractivity contribution in [2.45, 2.75) is 59.0 Å².